The van der Waals surface area contributed by atoms with Gasteiger partial charge in [-0.3, -0.25) is 19.7 Å². The number of benzene rings is 2. The molecule has 2 amide bonds. The van der Waals surface area contributed by atoms with E-state index in [4.69, 9.17) is 0 Å². The maximum Gasteiger partial charge on any atom is 0.259 e. The van der Waals surface area contributed by atoms with Gasteiger partial charge in [0, 0.05) is 47.0 Å². The predicted molar refractivity (Wildman–Crippen MR) is 153 cm³/mol. The van der Waals surface area contributed by atoms with E-state index in [-0.39, 0.29) is 11.3 Å². The summed E-state index contributed by atoms with van der Waals surface area (Å²) in [5.41, 5.74) is 4.67. The van der Waals surface area contributed by atoms with Crippen LogP contribution in [-0.2, 0) is 15.0 Å². The zero-order valence-electron chi connectivity index (χ0n) is 22.2. The minimum atomic E-state index is -0.242. The molecule has 3 aliphatic heterocycles. The fourth-order valence-corrected chi connectivity index (χ4v) is 5.19. The van der Waals surface area contributed by atoms with Crippen LogP contribution in [0.5, 0.6) is 0 Å². The summed E-state index contributed by atoms with van der Waals surface area (Å²) < 4.78 is 0. The molecule has 1 unspecified atom stereocenters. The van der Waals surface area contributed by atoms with Gasteiger partial charge in [-0.15, -0.1) is 0 Å². The number of carbonyl (C=O) groups is 2. The lowest BCUT2D eigenvalue weighted by molar-refractivity contribution is -0.112. The highest BCUT2D eigenvalue weighted by Crippen LogP contribution is 2.41. The number of amidine groups is 1. The molecule has 2 aromatic carbocycles. The molecular weight excluding hydrogens is 478 g/mol. The standard InChI is InChI=1S/C24H24N6O2.C5H11N/c1-24(2)13-30(14-31)21-11-17(7-8-19(21)24)28-23(32)18-4-3-9-25-22(18)27-16-6-5-15-12-26-29-20(15)10-16;1-5-3-2-4-6-5/h4-8,10-12,14H,3,9,13H2,1-2H3,(H,25,27)(H,26,29)(H,28,32);5-6H,2-4H2,1H3. The van der Waals surface area contributed by atoms with Crippen molar-refractivity contribution in [1.29, 1.82) is 0 Å². The Morgan fingerprint density at radius 2 is 2.03 bits per heavy atom. The number of nitrogens with zero attached hydrogens (tertiary/aromatic N) is 3. The number of amides is 2. The third-order valence-electron chi connectivity index (χ3n) is 7.25. The molecule has 9 nitrogen and oxygen atoms in total. The molecule has 0 bridgehead atoms. The number of hydrogen-bond donors (Lipinski definition) is 4. The van der Waals surface area contributed by atoms with Crippen LogP contribution in [0.3, 0.4) is 0 Å². The van der Waals surface area contributed by atoms with Gasteiger partial charge in [-0.1, -0.05) is 26.0 Å². The monoisotopic (exact) mass is 513 g/mol. The van der Waals surface area contributed by atoms with Crippen LogP contribution in [0.15, 0.2) is 59.2 Å². The second-order valence-corrected chi connectivity index (χ2v) is 10.7. The van der Waals surface area contributed by atoms with Gasteiger partial charge in [0.1, 0.15) is 5.84 Å². The largest absolute Gasteiger partial charge is 0.340 e. The molecule has 0 spiro atoms. The SMILES string of the molecule is CC1(C)CN(C=O)c2cc(NC(=O)C3=CCCN=C3Nc3ccc4cn[nH]c4c3)ccc21.CC1CCCN1. The number of fused-ring (bicyclic) bond motifs is 2. The van der Waals surface area contributed by atoms with Crippen molar-refractivity contribution in [2.24, 2.45) is 4.99 Å². The summed E-state index contributed by atoms with van der Waals surface area (Å²) in [6.45, 7) is 8.92. The number of aliphatic imine (C=N–C) groups is 1. The van der Waals surface area contributed by atoms with Crippen molar-refractivity contribution in [3.8, 4) is 0 Å². The first kappa shape index (κ1) is 25.7. The molecule has 0 aliphatic carbocycles. The van der Waals surface area contributed by atoms with Gasteiger partial charge in [0.2, 0.25) is 6.41 Å². The van der Waals surface area contributed by atoms with Gasteiger partial charge in [-0.2, -0.15) is 5.10 Å². The number of rotatable bonds is 4. The molecule has 4 heterocycles. The maximum absolute atomic E-state index is 13.1. The van der Waals surface area contributed by atoms with E-state index in [1.165, 1.54) is 19.4 Å². The highest BCUT2D eigenvalue weighted by molar-refractivity contribution is 6.28. The number of dihydropyridines is 1. The number of anilines is 3. The Balaban J connectivity index is 0.000000433. The molecule has 38 heavy (non-hydrogen) atoms. The molecule has 1 atom stereocenters. The van der Waals surface area contributed by atoms with Gasteiger partial charge in [-0.25, -0.2) is 0 Å². The lowest BCUT2D eigenvalue weighted by Crippen LogP contribution is -2.28. The van der Waals surface area contributed by atoms with E-state index in [0.717, 1.165) is 40.3 Å². The Hall–Kier alpha value is -3.98. The highest BCUT2D eigenvalue weighted by Gasteiger charge is 2.35. The van der Waals surface area contributed by atoms with Gasteiger partial charge in [0.05, 0.1) is 17.3 Å². The molecule has 0 saturated carbocycles. The first-order chi connectivity index (χ1) is 18.3. The quantitative estimate of drug-likeness (QED) is 0.387. The Morgan fingerprint density at radius 3 is 2.76 bits per heavy atom. The second-order valence-electron chi connectivity index (χ2n) is 10.7. The van der Waals surface area contributed by atoms with Crippen molar-refractivity contribution in [1.82, 2.24) is 15.5 Å². The van der Waals surface area contributed by atoms with Crippen molar-refractivity contribution >= 4 is 46.1 Å². The summed E-state index contributed by atoms with van der Waals surface area (Å²) in [6.07, 6.45) is 7.95. The van der Waals surface area contributed by atoms with Gasteiger partial charge in [0.25, 0.3) is 5.91 Å². The summed E-state index contributed by atoms with van der Waals surface area (Å²) in [6, 6.07) is 12.3. The Morgan fingerprint density at radius 1 is 1.18 bits per heavy atom. The average Bonchev–Trinajstić information content (AvgIpc) is 3.64. The average molecular weight is 514 g/mol. The van der Waals surface area contributed by atoms with Crippen LogP contribution in [-0.4, -0.2) is 54.0 Å². The van der Waals surface area contributed by atoms with Gasteiger partial charge < -0.3 is 20.9 Å². The zero-order chi connectivity index (χ0) is 26.7. The highest BCUT2D eigenvalue weighted by atomic mass is 16.2. The van der Waals surface area contributed by atoms with E-state index in [2.05, 4.69) is 51.9 Å². The van der Waals surface area contributed by atoms with E-state index in [0.29, 0.717) is 36.6 Å². The number of aromatic nitrogens is 2. The zero-order valence-corrected chi connectivity index (χ0v) is 22.2. The Labute approximate surface area is 222 Å². The van der Waals surface area contributed by atoms with Crippen molar-refractivity contribution in [3.05, 3.63) is 59.8 Å². The van der Waals surface area contributed by atoms with Crippen LogP contribution in [0.25, 0.3) is 10.9 Å². The molecule has 1 aromatic heterocycles. The number of nitrogens with one attached hydrogen (secondary N) is 4. The molecule has 4 N–H and O–H groups in total. The van der Waals surface area contributed by atoms with E-state index < -0.39 is 0 Å². The first-order valence-electron chi connectivity index (χ1n) is 13.2. The lowest BCUT2D eigenvalue weighted by Gasteiger charge is -2.18. The van der Waals surface area contributed by atoms with Crippen molar-refractivity contribution < 1.29 is 9.59 Å². The van der Waals surface area contributed by atoms with Crippen LogP contribution >= 0.6 is 0 Å². The van der Waals surface area contributed by atoms with Crippen molar-refractivity contribution in [2.75, 3.05) is 35.2 Å². The van der Waals surface area contributed by atoms with Crippen LogP contribution < -0.4 is 20.9 Å². The fraction of sp³-hybridized carbons (Fsp3) is 0.379. The molecule has 1 saturated heterocycles. The van der Waals surface area contributed by atoms with Crippen molar-refractivity contribution in [2.45, 2.75) is 51.5 Å². The van der Waals surface area contributed by atoms with Gasteiger partial charge in [-0.05, 0) is 68.6 Å². The normalized spacial score (nSPS) is 19.7. The topological polar surface area (TPSA) is 115 Å². The number of carbonyl (C=O) groups excluding carboxylic acids is 2. The number of hydrogen-bond acceptors (Lipinski definition) is 6. The molecule has 6 rings (SSSR count). The summed E-state index contributed by atoms with van der Waals surface area (Å²) in [7, 11) is 0. The lowest BCUT2D eigenvalue weighted by atomic mass is 9.87. The Bertz CT molecular complexity index is 1400. The smallest absolute Gasteiger partial charge is 0.259 e. The Kier molecular flexibility index (Phi) is 7.28. The molecule has 1 fully saturated rings. The summed E-state index contributed by atoms with van der Waals surface area (Å²) in [5.74, 6) is 0.290. The van der Waals surface area contributed by atoms with Gasteiger partial charge >= 0.3 is 0 Å². The van der Waals surface area contributed by atoms with E-state index in [9.17, 15) is 9.59 Å². The van der Waals surface area contributed by atoms with Crippen LogP contribution in [0.2, 0.25) is 0 Å². The number of H-pyrrole nitrogens is 1. The maximum atomic E-state index is 13.1. The molecule has 198 valence electrons. The minimum absolute atomic E-state index is 0.121. The fourth-order valence-electron chi connectivity index (χ4n) is 5.19. The van der Waals surface area contributed by atoms with Gasteiger partial charge in [0.15, 0.2) is 0 Å². The van der Waals surface area contributed by atoms with Crippen LogP contribution in [0, 0.1) is 0 Å². The summed E-state index contributed by atoms with van der Waals surface area (Å²) in [5, 5.41) is 17.6. The third-order valence-corrected chi connectivity index (χ3v) is 7.25. The molecule has 3 aromatic rings. The van der Waals surface area contributed by atoms with Crippen molar-refractivity contribution in [3.63, 3.8) is 0 Å². The van der Waals surface area contributed by atoms with E-state index in [1.807, 2.05) is 42.5 Å². The molecule has 0 radical (unpaired) electrons. The van der Waals surface area contributed by atoms with E-state index >= 15 is 0 Å². The first-order valence-corrected chi connectivity index (χ1v) is 13.2. The van der Waals surface area contributed by atoms with E-state index in [1.54, 1.807) is 11.1 Å². The molecule has 3 aliphatic rings. The minimum Gasteiger partial charge on any atom is -0.340 e. The predicted octanol–water partition coefficient (Wildman–Crippen LogP) is 4.35. The summed E-state index contributed by atoms with van der Waals surface area (Å²) >= 11 is 0. The van der Waals surface area contributed by atoms with Crippen LogP contribution in [0.4, 0.5) is 17.1 Å². The number of aromatic amines is 1. The molecule has 9 heteroatoms. The second kappa shape index (κ2) is 10.8. The third kappa shape index (κ3) is 5.47. The molecular formula is C29H35N7O2. The van der Waals surface area contributed by atoms with Crippen LogP contribution in [0.1, 0.15) is 45.6 Å². The summed E-state index contributed by atoms with van der Waals surface area (Å²) in [4.78, 5) is 30.9.